The Morgan fingerprint density at radius 1 is 1.23 bits per heavy atom. The van der Waals surface area contributed by atoms with E-state index >= 15 is 0 Å². The first kappa shape index (κ1) is 13.1. The van der Waals surface area contributed by atoms with Crippen molar-refractivity contribution in [2.75, 3.05) is 32.8 Å². The first-order chi connectivity index (χ1) is 5.83. The van der Waals surface area contributed by atoms with Crippen LogP contribution in [-0.4, -0.2) is 42.4 Å². The number of aliphatic hydroxyl groups is 1. The Hall–Kier alpha value is 0.140. The molecule has 0 saturated carbocycles. The molecule has 1 fully saturated rings. The normalized spacial score (nSPS) is 20.4. The van der Waals surface area contributed by atoms with E-state index in [1.165, 1.54) is 32.4 Å². The molecule has 0 aromatic heterocycles. The average molecular weight is 250 g/mol. The molecule has 1 saturated heterocycles. The van der Waals surface area contributed by atoms with Crippen LogP contribution >= 0.6 is 0 Å². The first-order valence-electron chi connectivity index (χ1n) is 4.90. The Morgan fingerprint density at radius 3 is 2.31 bits per heavy atom. The van der Waals surface area contributed by atoms with Gasteiger partial charge in [-0.15, -0.1) is 0 Å². The minimum atomic E-state index is 0. The lowest BCUT2D eigenvalue weighted by Crippen LogP contribution is -3.00. The summed E-state index contributed by atoms with van der Waals surface area (Å²) >= 11 is 0. The molecule has 78 valence electrons. The Balaban J connectivity index is 0.00000144. The van der Waals surface area contributed by atoms with Gasteiger partial charge in [0, 0.05) is 0 Å². The van der Waals surface area contributed by atoms with E-state index < -0.39 is 0 Å². The quantitative estimate of drug-likeness (QED) is 0.460. The van der Waals surface area contributed by atoms with Crippen molar-refractivity contribution in [3.8, 4) is 0 Å². The summed E-state index contributed by atoms with van der Waals surface area (Å²) in [5.74, 6) is 0. The van der Waals surface area contributed by atoms with Crippen molar-refractivity contribution < 1.29 is 26.6 Å². The van der Waals surface area contributed by atoms with Gasteiger partial charge in [0.2, 0.25) is 0 Å². The summed E-state index contributed by atoms with van der Waals surface area (Å²) in [6.07, 6.45) is 5.98. The number of piperidine rings is 1. The monoisotopic (exact) mass is 249 g/mol. The van der Waals surface area contributed by atoms with E-state index in [1.54, 1.807) is 0 Å². The van der Waals surface area contributed by atoms with E-state index in [4.69, 9.17) is 5.11 Å². The SMILES string of the molecule is C=CC[N+]1(CCO)CCCCC1.[Br-]. The highest BCUT2D eigenvalue weighted by atomic mass is 79.9. The topological polar surface area (TPSA) is 20.2 Å². The van der Waals surface area contributed by atoms with Gasteiger partial charge in [0.1, 0.15) is 6.54 Å². The molecule has 0 spiro atoms. The molecule has 0 radical (unpaired) electrons. The van der Waals surface area contributed by atoms with Crippen molar-refractivity contribution in [3.63, 3.8) is 0 Å². The van der Waals surface area contributed by atoms with Crippen molar-refractivity contribution in [3.05, 3.63) is 12.7 Å². The highest BCUT2D eigenvalue weighted by Gasteiger charge is 2.27. The average Bonchev–Trinajstić information content (AvgIpc) is 2.07. The summed E-state index contributed by atoms with van der Waals surface area (Å²) in [6, 6.07) is 0. The molecular formula is C10H20BrNO. The minimum absolute atomic E-state index is 0. The van der Waals surface area contributed by atoms with Crippen LogP contribution in [0, 0.1) is 0 Å². The molecule has 1 N–H and O–H groups in total. The molecule has 1 aliphatic heterocycles. The molecular weight excluding hydrogens is 230 g/mol. The van der Waals surface area contributed by atoms with Crippen LogP contribution in [0.5, 0.6) is 0 Å². The summed E-state index contributed by atoms with van der Waals surface area (Å²) in [7, 11) is 0. The summed E-state index contributed by atoms with van der Waals surface area (Å²) < 4.78 is 1.07. The van der Waals surface area contributed by atoms with Crippen molar-refractivity contribution in [1.82, 2.24) is 0 Å². The molecule has 0 unspecified atom stereocenters. The summed E-state index contributed by atoms with van der Waals surface area (Å²) in [4.78, 5) is 0. The van der Waals surface area contributed by atoms with Crippen molar-refractivity contribution in [2.45, 2.75) is 19.3 Å². The number of rotatable bonds is 4. The van der Waals surface area contributed by atoms with Crippen molar-refractivity contribution in [2.24, 2.45) is 0 Å². The minimum Gasteiger partial charge on any atom is -1.00 e. The number of aliphatic hydroxyl groups excluding tert-OH is 1. The van der Waals surface area contributed by atoms with Gasteiger partial charge in [-0.05, 0) is 25.3 Å². The molecule has 0 atom stereocenters. The van der Waals surface area contributed by atoms with E-state index in [-0.39, 0.29) is 17.0 Å². The number of hydrogen-bond donors (Lipinski definition) is 1. The lowest BCUT2D eigenvalue weighted by atomic mass is 10.1. The molecule has 1 heterocycles. The number of hydrogen-bond acceptors (Lipinski definition) is 1. The third-order valence-electron chi connectivity index (χ3n) is 2.86. The van der Waals surface area contributed by atoms with Gasteiger partial charge >= 0.3 is 0 Å². The van der Waals surface area contributed by atoms with Crippen molar-refractivity contribution >= 4 is 0 Å². The van der Waals surface area contributed by atoms with E-state index in [0.29, 0.717) is 6.61 Å². The molecule has 0 aliphatic carbocycles. The molecule has 2 nitrogen and oxygen atoms in total. The third kappa shape index (κ3) is 3.79. The van der Waals surface area contributed by atoms with Gasteiger partial charge in [-0.1, -0.05) is 6.58 Å². The summed E-state index contributed by atoms with van der Waals surface area (Å²) in [5.41, 5.74) is 0. The maximum absolute atomic E-state index is 8.96. The molecule has 0 aromatic carbocycles. The molecule has 0 amide bonds. The van der Waals surface area contributed by atoms with E-state index in [0.717, 1.165) is 17.6 Å². The fraction of sp³-hybridized carbons (Fsp3) is 0.800. The fourth-order valence-electron chi connectivity index (χ4n) is 2.17. The highest BCUT2D eigenvalue weighted by molar-refractivity contribution is 4.68. The Morgan fingerprint density at radius 2 is 1.85 bits per heavy atom. The van der Waals surface area contributed by atoms with Crippen LogP contribution in [0.3, 0.4) is 0 Å². The van der Waals surface area contributed by atoms with E-state index in [1.807, 2.05) is 6.08 Å². The Kier molecular flexibility index (Phi) is 6.64. The van der Waals surface area contributed by atoms with E-state index in [2.05, 4.69) is 6.58 Å². The second-order valence-corrected chi connectivity index (χ2v) is 3.77. The second-order valence-electron chi connectivity index (χ2n) is 3.77. The van der Waals surface area contributed by atoms with Gasteiger partial charge in [-0.25, -0.2) is 0 Å². The lowest BCUT2D eigenvalue weighted by molar-refractivity contribution is -0.927. The van der Waals surface area contributed by atoms with Gasteiger partial charge in [-0.2, -0.15) is 0 Å². The Bertz CT molecular complexity index is 138. The largest absolute Gasteiger partial charge is 1.00 e. The molecule has 0 aromatic rings. The highest BCUT2D eigenvalue weighted by Crippen LogP contribution is 2.18. The van der Waals surface area contributed by atoms with Crippen LogP contribution in [0.4, 0.5) is 0 Å². The molecule has 3 heteroatoms. The van der Waals surface area contributed by atoms with Gasteiger partial charge < -0.3 is 26.6 Å². The predicted molar refractivity (Wildman–Crippen MR) is 50.9 cm³/mol. The van der Waals surface area contributed by atoms with Gasteiger partial charge in [0.05, 0.1) is 26.2 Å². The fourth-order valence-corrected chi connectivity index (χ4v) is 2.17. The van der Waals surface area contributed by atoms with Crippen LogP contribution in [0.25, 0.3) is 0 Å². The maximum atomic E-state index is 8.96. The zero-order valence-electron chi connectivity index (χ0n) is 8.21. The standard InChI is InChI=1S/C10H20NO.BrH/c1-2-6-11(9-10-12)7-4-3-5-8-11;/h2,12H,1,3-10H2;1H/q+1;/p-1. The molecule has 1 rings (SSSR count). The predicted octanol–water partition coefficient (Wildman–Crippen LogP) is -1.83. The zero-order chi connectivity index (χ0) is 8.86. The maximum Gasteiger partial charge on any atom is 0.102 e. The first-order valence-corrected chi connectivity index (χ1v) is 4.90. The number of halogens is 1. The molecule has 0 bridgehead atoms. The molecule has 13 heavy (non-hydrogen) atoms. The van der Waals surface area contributed by atoms with Crippen LogP contribution in [0.2, 0.25) is 0 Å². The second kappa shape index (κ2) is 6.57. The van der Waals surface area contributed by atoms with Crippen LogP contribution < -0.4 is 17.0 Å². The molecule has 1 aliphatic rings. The summed E-state index contributed by atoms with van der Waals surface area (Å²) in [5, 5.41) is 8.96. The van der Waals surface area contributed by atoms with Gasteiger partial charge in [0.25, 0.3) is 0 Å². The third-order valence-corrected chi connectivity index (χ3v) is 2.86. The Labute approximate surface area is 91.6 Å². The van der Waals surface area contributed by atoms with Crippen LogP contribution in [-0.2, 0) is 0 Å². The smallest absolute Gasteiger partial charge is 0.102 e. The number of nitrogens with zero attached hydrogens (tertiary/aromatic N) is 1. The van der Waals surface area contributed by atoms with Gasteiger partial charge in [-0.3, -0.25) is 0 Å². The van der Waals surface area contributed by atoms with Crippen LogP contribution in [0.15, 0.2) is 12.7 Å². The lowest BCUT2D eigenvalue weighted by Gasteiger charge is -2.40. The van der Waals surface area contributed by atoms with Crippen LogP contribution in [0.1, 0.15) is 19.3 Å². The zero-order valence-corrected chi connectivity index (χ0v) is 9.80. The van der Waals surface area contributed by atoms with Crippen molar-refractivity contribution in [1.29, 1.82) is 0 Å². The summed E-state index contributed by atoms with van der Waals surface area (Å²) in [6.45, 7) is 8.49. The van der Waals surface area contributed by atoms with E-state index in [9.17, 15) is 0 Å². The number of quaternary nitrogens is 1. The van der Waals surface area contributed by atoms with Gasteiger partial charge in [0.15, 0.2) is 0 Å². The number of likely N-dealkylation sites (tertiary alicyclic amines) is 1.